The molecule has 1 aromatic heterocycles. The molecule has 0 saturated carbocycles. The lowest BCUT2D eigenvalue weighted by molar-refractivity contribution is -0.120. The van der Waals surface area contributed by atoms with E-state index in [1.54, 1.807) is 30.5 Å². The van der Waals surface area contributed by atoms with E-state index in [1.165, 1.54) is 12.3 Å². The molecule has 0 fully saturated rings. The molecule has 31 heavy (non-hydrogen) atoms. The van der Waals surface area contributed by atoms with Crippen LogP contribution in [0.4, 0.5) is 0 Å². The number of benzene rings is 3. The number of nitrogens with one attached hydrogen (secondary N) is 1. The van der Waals surface area contributed by atoms with Crippen LogP contribution in [0, 0.1) is 3.57 Å². The van der Waals surface area contributed by atoms with Gasteiger partial charge in [-0.3, -0.25) is 4.79 Å². The molecule has 4 rings (SSSR count). The zero-order valence-electron chi connectivity index (χ0n) is 16.2. The number of halogens is 1. The number of carbonyl (C=O) groups is 2. The monoisotopic (exact) mass is 524 g/mol. The fraction of sp³-hybridized carbons (Fsp3) is 0.0417. The third-order valence-electron chi connectivity index (χ3n) is 4.51. The highest BCUT2D eigenvalue weighted by molar-refractivity contribution is 14.1. The first kappa shape index (κ1) is 20.8. The van der Waals surface area contributed by atoms with Gasteiger partial charge in [0.2, 0.25) is 11.7 Å². The van der Waals surface area contributed by atoms with Gasteiger partial charge in [0, 0.05) is 0 Å². The van der Waals surface area contributed by atoms with E-state index in [0.717, 1.165) is 25.5 Å². The van der Waals surface area contributed by atoms with Crippen molar-refractivity contribution >= 4 is 51.5 Å². The Bertz CT molecular complexity index is 1260. The van der Waals surface area contributed by atoms with E-state index in [4.69, 9.17) is 9.15 Å². The topological polar surface area (TPSA) is 80.9 Å². The van der Waals surface area contributed by atoms with Crippen molar-refractivity contribution < 1.29 is 18.7 Å². The Morgan fingerprint density at radius 1 is 1.03 bits per heavy atom. The molecule has 6 nitrogen and oxygen atoms in total. The maximum Gasteiger partial charge on any atom is 0.379 e. The molecule has 0 spiro atoms. The number of fused-ring (bicyclic) bond motifs is 1. The fourth-order valence-corrected chi connectivity index (χ4v) is 3.71. The van der Waals surface area contributed by atoms with Crippen LogP contribution in [-0.4, -0.2) is 18.1 Å². The number of carbonyl (C=O) groups excluding carboxylic acids is 2. The zero-order valence-corrected chi connectivity index (χ0v) is 18.4. The Balaban J connectivity index is 1.36. The molecule has 0 radical (unpaired) electrons. The van der Waals surface area contributed by atoms with Crippen molar-refractivity contribution in [3.05, 3.63) is 99.5 Å². The first-order valence-electron chi connectivity index (χ1n) is 9.44. The summed E-state index contributed by atoms with van der Waals surface area (Å²) in [5.74, 6) is -0.217. The van der Waals surface area contributed by atoms with E-state index >= 15 is 0 Å². The number of furan rings is 1. The van der Waals surface area contributed by atoms with Gasteiger partial charge in [-0.25, -0.2) is 10.2 Å². The van der Waals surface area contributed by atoms with Crippen molar-refractivity contribution in [2.75, 3.05) is 0 Å². The summed E-state index contributed by atoms with van der Waals surface area (Å²) in [5.41, 5.74) is 4.26. The first-order chi connectivity index (χ1) is 15.1. The molecule has 0 bridgehead atoms. The van der Waals surface area contributed by atoms with Gasteiger partial charge in [0.1, 0.15) is 5.75 Å². The summed E-state index contributed by atoms with van der Waals surface area (Å²) in [4.78, 5) is 24.3. The average Bonchev–Trinajstić information content (AvgIpc) is 3.31. The summed E-state index contributed by atoms with van der Waals surface area (Å²) in [7, 11) is 0. The molecular weight excluding hydrogens is 507 g/mol. The predicted octanol–water partition coefficient (Wildman–Crippen LogP) is 4.95. The maximum atomic E-state index is 12.3. The van der Waals surface area contributed by atoms with Crippen molar-refractivity contribution in [1.29, 1.82) is 0 Å². The molecule has 0 saturated heterocycles. The Morgan fingerprint density at radius 2 is 1.87 bits per heavy atom. The van der Waals surface area contributed by atoms with Crippen LogP contribution in [0.2, 0.25) is 0 Å². The lowest BCUT2D eigenvalue weighted by Gasteiger charge is -2.06. The molecule has 1 N–H and O–H groups in total. The van der Waals surface area contributed by atoms with Crippen LogP contribution in [0.3, 0.4) is 0 Å². The van der Waals surface area contributed by atoms with Gasteiger partial charge in [-0.05, 0) is 74.8 Å². The van der Waals surface area contributed by atoms with Crippen molar-refractivity contribution in [1.82, 2.24) is 5.43 Å². The number of nitrogens with zero attached hydrogens (tertiary/aromatic N) is 1. The highest BCUT2D eigenvalue weighted by atomic mass is 127. The van der Waals surface area contributed by atoms with Crippen molar-refractivity contribution in [2.45, 2.75) is 6.42 Å². The van der Waals surface area contributed by atoms with E-state index in [2.05, 4.69) is 33.1 Å². The number of esters is 1. The van der Waals surface area contributed by atoms with Crippen molar-refractivity contribution in [3.63, 3.8) is 0 Å². The van der Waals surface area contributed by atoms with Crippen LogP contribution in [0.1, 0.15) is 21.7 Å². The minimum absolute atomic E-state index is 0.135. The fourth-order valence-electron chi connectivity index (χ4n) is 3.06. The molecule has 3 aromatic carbocycles. The van der Waals surface area contributed by atoms with Gasteiger partial charge in [-0.1, -0.05) is 42.5 Å². The Labute approximate surface area is 192 Å². The van der Waals surface area contributed by atoms with Gasteiger partial charge in [0.15, 0.2) is 0 Å². The smallest absolute Gasteiger partial charge is 0.379 e. The van der Waals surface area contributed by atoms with Crippen molar-refractivity contribution in [2.24, 2.45) is 5.10 Å². The van der Waals surface area contributed by atoms with Gasteiger partial charge in [-0.15, -0.1) is 0 Å². The van der Waals surface area contributed by atoms with Crippen LogP contribution in [0.25, 0.3) is 10.8 Å². The number of hydrazone groups is 1. The second-order valence-corrected chi connectivity index (χ2v) is 7.83. The lowest BCUT2D eigenvalue weighted by atomic mass is 10.0. The molecule has 4 aromatic rings. The van der Waals surface area contributed by atoms with Gasteiger partial charge < -0.3 is 9.15 Å². The molecule has 1 heterocycles. The highest BCUT2D eigenvalue weighted by Crippen LogP contribution is 2.23. The van der Waals surface area contributed by atoms with E-state index in [1.807, 2.05) is 42.5 Å². The third-order valence-corrected chi connectivity index (χ3v) is 5.36. The van der Waals surface area contributed by atoms with Gasteiger partial charge >= 0.3 is 5.97 Å². The predicted molar refractivity (Wildman–Crippen MR) is 126 cm³/mol. The van der Waals surface area contributed by atoms with Gasteiger partial charge in [-0.2, -0.15) is 5.10 Å². The lowest BCUT2D eigenvalue weighted by Crippen LogP contribution is -2.19. The number of amides is 1. The number of hydrogen-bond acceptors (Lipinski definition) is 5. The summed E-state index contributed by atoms with van der Waals surface area (Å²) < 4.78 is 11.1. The molecule has 7 heteroatoms. The number of ether oxygens (including phenoxy) is 1. The minimum atomic E-state index is -0.565. The highest BCUT2D eigenvalue weighted by Gasteiger charge is 2.13. The Kier molecular flexibility index (Phi) is 6.42. The average molecular weight is 524 g/mol. The molecular formula is C24H17IN2O4. The summed E-state index contributed by atoms with van der Waals surface area (Å²) in [6, 6.07) is 22.2. The normalized spacial score (nSPS) is 11.0. The zero-order chi connectivity index (χ0) is 21.6. The van der Waals surface area contributed by atoms with Crippen LogP contribution in [-0.2, 0) is 11.2 Å². The van der Waals surface area contributed by atoms with E-state index in [9.17, 15) is 9.59 Å². The van der Waals surface area contributed by atoms with Crippen molar-refractivity contribution in [3.8, 4) is 5.75 Å². The van der Waals surface area contributed by atoms with E-state index in [-0.39, 0.29) is 18.1 Å². The molecule has 154 valence electrons. The van der Waals surface area contributed by atoms with Gasteiger partial charge in [0.25, 0.3) is 0 Å². The number of rotatable bonds is 6. The third kappa shape index (κ3) is 5.18. The second-order valence-electron chi connectivity index (χ2n) is 6.66. The molecule has 0 aliphatic carbocycles. The Hall–Kier alpha value is -3.46. The maximum absolute atomic E-state index is 12.3. The van der Waals surface area contributed by atoms with Crippen LogP contribution < -0.4 is 10.2 Å². The first-order valence-corrected chi connectivity index (χ1v) is 10.5. The summed E-state index contributed by atoms with van der Waals surface area (Å²) >= 11 is 2.07. The van der Waals surface area contributed by atoms with Crippen LogP contribution in [0.5, 0.6) is 5.75 Å². The summed E-state index contributed by atoms with van der Waals surface area (Å²) in [6.07, 6.45) is 3.19. The van der Waals surface area contributed by atoms with Gasteiger partial charge in [0.05, 0.1) is 22.5 Å². The SMILES string of the molecule is O=C(Cc1cccc2ccccc12)N/N=C/c1ccc(OC(=O)c2ccco2)c(I)c1. The molecule has 0 aliphatic rings. The molecule has 0 unspecified atom stereocenters. The number of hydrogen-bond donors (Lipinski definition) is 1. The summed E-state index contributed by atoms with van der Waals surface area (Å²) in [6.45, 7) is 0. The second kappa shape index (κ2) is 9.57. The standard InChI is InChI=1S/C24H17IN2O4/c25-20-13-16(10-11-21(20)31-24(29)22-9-4-12-30-22)15-26-27-23(28)14-18-7-3-6-17-5-1-2-8-19(17)18/h1-13,15H,14H2,(H,27,28)/b26-15+. The van der Waals surface area contributed by atoms with Crippen LogP contribution in [0.15, 0.2) is 88.6 Å². The Morgan fingerprint density at radius 3 is 2.68 bits per heavy atom. The quantitative estimate of drug-likeness (QED) is 0.127. The van der Waals surface area contributed by atoms with Crippen LogP contribution >= 0.6 is 22.6 Å². The summed E-state index contributed by atoms with van der Waals surface area (Å²) in [5, 5.41) is 6.19. The van der Waals surface area contributed by atoms with E-state index in [0.29, 0.717) is 5.75 Å². The largest absolute Gasteiger partial charge is 0.457 e. The molecule has 0 aliphatic heterocycles. The molecule has 0 atom stereocenters. The van der Waals surface area contributed by atoms with E-state index < -0.39 is 5.97 Å². The molecule has 1 amide bonds. The minimum Gasteiger partial charge on any atom is -0.457 e.